The average molecular weight is 271 g/mol. The summed E-state index contributed by atoms with van der Waals surface area (Å²) in [4.78, 5) is 35.3. The number of amides is 3. The molecule has 1 rings (SSSR count). The highest BCUT2D eigenvalue weighted by molar-refractivity contribution is 5.83. The summed E-state index contributed by atoms with van der Waals surface area (Å²) in [5.41, 5.74) is 0. The number of nitrogens with zero attached hydrogens (tertiary/aromatic N) is 1. The summed E-state index contributed by atoms with van der Waals surface area (Å²) in [6.45, 7) is 3.33. The quantitative estimate of drug-likeness (QED) is 0.656. The molecule has 0 aromatic carbocycles. The minimum absolute atomic E-state index is 0.00136. The summed E-state index contributed by atoms with van der Waals surface area (Å²) in [5.74, 6) is -1.06. The molecule has 0 aromatic rings. The highest BCUT2D eigenvalue weighted by atomic mass is 16.4. The Hall–Kier alpha value is -1.79. The molecule has 3 amide bonds. The smallest absolute Gasteiger partial charge is 0.317 e. The number of carbonyl (C=O) groups is 3. The Kier molecular flexibility index (Phi) is 6.11. The van der Waals surface area contributed by atoms with Crippen molar-refractivity contribution in [2.75, 3.05) is 26.2 Å². The van der Waals surface area contributed by atoms with E-state index in [1.807, 2.05) is 0 Å². The molecule has 7 nitrogen and oxygen atoms in total. The number of piperidine rings is 1. The van der Waals surface area contributed by atoms with Gasteiger partial charge in [-0.15, -0.1) is 0 Å². The van der Waals surface area contributed by atoms with E-state index in [9.17, 15) is 14.4 Å². The largest absolute Gasteiger partial charge is 0.481 e. The zero-order valence-corrected chi connectivity index (χ0v) is 11.1. The van der Waals surface area contributed by atoms with Crippen LogP contribution in [0.2, 0.25) is 0 Å². The lowest BCUT2D eigenvalue weighted by molar-refractivity contribution is -0.138. The first kappa shape index (κ1) is 15.3. The monoisotopic (exact) mass is 271 g/mol. The Morgan fingerprint density at radius 3 is 2.68 bits per heavy atom. The lowest BCUT2D eigenvalue weighted by Crippen LogP contribution is -2.48. The third-order valence-corrected chi connectivity index (χ3v) is 3.04. The van der Waals surface area contributed by atoms with Crippen LogP contribution < -0.4 is 10.6 Å². The Morgan fingerprint density at radius 2 is 2.05 bits per heavy atom. The molecule has 0 radical (unpaired) electrons. The van der Waals surface area contributed by atoms with Crippen molar-refractivity contribution in [3.63, 3.8) is 0 Å². The molecule has 3 N–H and O–H groups in total. The summed E-state index contributed by atoms with van der Waals surface area (Å²) < 4.78 is 0. The van der Waals surface area contributed by atoms with Crippen molar-refractivity contribution in [2.45, 2.75) is 26.2 Å². The molecule has 1 aliphatic rings. The Bertz CT molecular complexity index is 346. The molecule has 0 spiro atoms. The number of carbonyl (C=O) groups excluding carboxylic acids is 2. The minimum atomic E-state index is -0.838. The van der Waals surface area contributed by atoms with Crippen molar-refractivity contribution in [3.05, 3.63) is 0 Å². The van der Waals surface area contributed by atoms with E-state index in [1.165, 1.54) is 0 Å². The lowest BCUT2D eigenvalue weighted by Gasteiger charge is -2.32. The number of aliphatic carboxylic acids is 1. The first-order valence-electron chi connectivity index (χ1n) is 6.54. The molecule has 1 atom stereocenters. The summed E-state index contributed by atoms with van der Waals surface area (Å²) >= 11 is 0. The number of likely N-dealkylation sites (tertiary alicyclic amines) is 1. The number of carboxylic acids is 1. The fourth-order valence-electron chi connectivity index (χ4n) is 2.19. The summed E-state index contributed by atoms with van der Waals surface area (Å²) in [5, 5.41) is 13.9. The molecule has 0 aliphatic carbocycles. The highest BCUT2D eigenvalue weighted by Gasteiger charge is 2.25. The van der Waals surface area contributed by atoms with Gasteiger partial charge >= 0.3 is 12.0 Å². The standard InChI is InChI=1S/C12H21N3O4/c1-2-13-10(16)7-14-12(19)15-5-3-4-9(8-15)6-11(17)18/h9H,2-8H2,1H3,(H,13,16)(H,14,19)(H,17,18). The molecular weight excluding hydrogens is 250 g/mol. The van der Waals surface area contributed by atoms with Gasteiger partial charge in [-0.3, -0.25) is 9.59 Å². The number of hydrogen-bond donors (Lipinski definition) is 3. The van der Waals surface area contributed by atoms with E-state index in [2.05, 4.69) is 10.6 Å². The van der Waals surface area contributed by atoms with Gasteiger partial charge < -0.3 is 20.6 Å². The predicted molar refractivity (Wildman–Crippen MR) is 68.6 cm³/mol. The van der Waals surface area contributed by atoms with Gasteiger partial charge in [0, 0.05) is 26.1 Å². The van der Waals surface area contributed by atoms with Crippen LogP contribution in [0.15, 0.2) is 0 Å². The van der Waals surface area contributed by atoms with Crippen molar-refractivity contribution in [1.29, 1.82) is 0 Å². The highest BCUT2D eigenvalue weighted by Crippen LogP contribution is 2.19. The predicted octanol–water partition coefficient (Wildman–Crippen LogP) is 0.0188. The Labute approximate surface area is 112 Å². The maximum absolute atomic E-state index is 11.8. The Morgan fingerprint density at radius 1 is 1.32 bits per heavy atom. The van der Waals surface area contributed by atoms with Crippen molar-refractivity contribution in [3.8, 4) is 0 Å². The van der Waals surface area contributed by atoms with Crippen molar-refractivity contribution < 1.29 is 19.5 Å². The van der Waals surface area contributed by atoms with Gasteiger partial charge in [0.05, 0.1) is 6.54 Å². The first-order chi connectivity index (χ1) is 9.02. The molecule has 108 valence electrons. The van der Waals surface area contributed by atoms with Gasteiger partial charge in [0.15, 0.2) is 0 Å². The molecule has 0 saturated carbocycles. The number of nitrogens with one attached hydrogen (secondary N) is 2. The third kappa shape index (κ3) is 5.58. The van der Waals surface area contributed by atoms with Gasteiger partial charge in [0.1, 0.15) is 0 Å². The number of hydrogen-bond acceptors (Lipinski definition) is 3. The number of likely N-dealkylation sites (N-methyl/N-ethyl adjacent to an activating group) is 1. The van der Waals surface area contributed by atoms with E-state index in [0.29, 0.717) is 19.6 Å². The zero-order chi connectivity index (χ0) is 14.3. The van der Waals surface area contributed by atoms with Crippen molar-refractivity contribution >= 4 is 17.9 Å². The summed E-state index contributed by atoms with van der Waals surface area (Å²) in [7, 11) is 0. The van der Waals surface area contributed by atoms with Crippen LogP contribution in [-0.2, 0) is 9.59 Å². The van der Waals surface area contributed by atoms with Gasteiger partial charge in [-0.2, -0.15) is 0 Å². The molecule has 1 saturated heterocycles. The third-order valence-electron chi connectivity index (χ3n) is 3.04. The number of carboxylic acid groups (broad SMARTS) is 1. The lowest BCUT2D eigenvalue weighted by atomic mass is 9.95. The van der Waals surface area contributed by atoms with Crippen LogP contribution in [0.25, 0.3) is 0 Å². The molecule has 1 aliphatic heterocycles. The van der Waals surface area contributed by atoms with E-state index < -0.39 is 5.97 Å². The number of urea groups is 1. The molecule has 19 heavy (non-hydrogen) atoms. The molecular formula is C12H21N3O4. The molecule has 7 heteroatoms. The van der Waals surface area contributed by atoms with Crippen molar-refractivity contribution in [1.82, 2.24) is 15.5 Å². The van der Waals surface area contributed by atoms with E-state index in [0.717, 1.165) is 12.8 Å². The maximum atomic E-state index is 11.8. The molecule has 0 bridgehead atoms. The second-order valence-corrected chi connectivity index (χ2v) is 4.66. The van der Waals surface area contributed by atoms with Crippen LogP contribution in [0.3, 0.4) is 0 Å². The van der Waals surface area contributed by atoms with Gasteiger partial charge in [0.25, 0.3) is 0 Å². The first-order valence-corrected chi connectivity index (χ1v) is 6.54. The van der Waals surface area contributed by atoms with Gasteiger partial charge in [0.2, 0.25) is 5.91 Å². The fraction of sp³-hybridized carbons (Fsp3) is 0.750. The fourth-order valence-corrected chi connectivity index (χ4v) is 2.19. The van der Waals surface area contributed by atoms with Gasteiger partial charge in [-0.1, -0.05) is 0 Å². The average Bonchev–Trinajstić information content (AvgIpc) is 2.36. The van der Waals surface area contributed by atoms with E-state index >= 15 is 0 Å². The van der Waals surface area contributed by atoms with Gasteiger partial charge in [-0.05, 0) is 25.7 Å². The van der Waals surface area contributed by atoms with E-state index in [4.69, 9.17) is 5.11 Å². The van der Waals surface area contributed by atoms with Crippen molar-refractivity contribution in [2.24, 2.45) is 5.92 Å². The summed E-state index contributed by atoms with van der Waals surface area (Å²) in [6, 6.07) is -0.304. The SMILES string of the molecule is CCNC(=O)CNC(=O)N1CCCC(CC(=O)O)C1. The second kappa shape index (κ2) is 7.60. The van der Waals surface area contributed by atoms with Crippen LogP contribution in [0, 0.1) is 5.92 Å². The van der Waals surface area contributed by atoms with Gasteiger partial charge in [-0.25, -0.2) is 4.79 Å². The van der Waals surface area contributed by atoms with Crippen LogP contribution in [0.5, 0.6) is 0 Å². The molecule has 0 aromatic heterocycles. The normalized spacial score (nSPS) is 18.8. The molecule has 1 heterocycles. The molecule has 1 fully saturated rings. The van der Waals surface area contributed by atoms with E-state index in [1.54, 1.807) is 11.8 Å². The van der Waals surface area contributed by atoms with Crippen LogP contribution >= 0.6 is 0 Å². The Balaban J connectivity index is 2.35. The zero-order valence-electron chi connectivity index (χ0n) is 11.1. The van der Waals surface area contributed by atoms with E-state index in [-0.39, 0.29) is 30.8 Å². The molecule has 1 unspecified atom stereocenters. The minimum Gasteiger partial charge on any atom is -0.481 e. The maximum Gasteiger partial charge on any atom is 0.317 e. The van der Waals surface area contributed by atoms with Crippen LogP contribution in [-0.4, -0.2) is 54.1 Å². The second-order valence-electron chi connectivity index (χ2n) is 4.66. The summed E-state index contributed by atoms with van der Waals surface area (Å²) in [6.07, 6.45) is 1.71. The van der Waals surface area contributed by atoms with Crippen LogP contribution in [0.4, 0.5) is 4.79 Å². The number of rotatable bonds is 5. The topological polar surface area (TPSA) is 98.7 Å². The van der Waals surface area contributed by atoms with Crippen LogP contribution in [0.1, 0.15) is 26.2 Å².